The molecule has 8 N–H and O–H groups in total. The van der Waals surface area contributed by atoms with Crippen LogP contribution in [0.4, 0.5) is 0 Å². The van der Waals surface area contributed by atoms with E-state index in [1.54, 1.807) is 123 Å². The molecule has 120 heavy (non-hydrogen) atoms. The third-order valence-corrected chi connectivity index (χ3v) is 21.4. The first-order valence-electron chi connectivity index (χ1n) is 57.0. The summed E-state index contributed by atoms with van der Waals surface area (Å²) in [4.78, 5) is 56.3. The van der Waals surface area contributed by atoms with Gasteiger partial charge in [-0.3, -0.25) is 38.8 Å². The van der Waals surface area contributed by atoms with Crippen molar-refractivity contribution < 1.29 is 119 Å². The molecule has 24 nitrogen and oxygen atoms in total. The molecule has 0 radical (unpaired) electrons. The van der Waals surface area contributed by atoms with Gasteiger partial charge in [0.05, 0.1) is 73.2 Å². The Morgan fingerprint density at radius 1 is 0.350 bits per heavy atom. The zero-order chi connectivity index (χ0) is 116. The number of methoxy groups -OCH3 is 8. The van der Waals surface area contributed by atoms with Gasteiger partial charge in [-0.1, -0.05) is 111 Å². The molecular weight excluding hydrogens is 1520 g/mol. The van der Waals surface area contributed by atoms with Crippen LogP contribution in [0.5, 0.6) is 46.0 Å². The molecule has 13 unspecified atom stereocenters. The van der Waals surface area contributed by atoms with Gasteiger partial charge < -0.3 is 79.8 Å². The normalized spacial score (nSPS) is 38.6. The molecule has 8 heterocycles. The Labute approximate surface area is 762 Å². The van der Waals surface area contributed by atoms with Crippen molar-refractivity contribution in [1.29, 1.82) is 0 Å². The number of piperidine rings is 4. The van der Waals surface area contributed by atoms with Crippen LogP contribution in [0, 0.1) is 70.9 Å². The maximum atomic E-state index is 13.1. The van der Waals surface area contributed by atoms with Gasteiger partial charge in [-0.15, -0.1) is 0 Å². The molecule has 672 valence electrons. The van der Waals surface area contributed by atoms with Crippen molar-refractivity contribution in [2.45, 2.75) is 260 Å². The quantitative estimate of drug-likeness (QED) is 0.0303. The number of hydrogen-bond acceptors (Lipinski definition) is 24. The van der Waals surface area contributed by atoms with Crippen LogP contribution in [0.1, 0.15) is 273 Å². The lowest BCUT2D eigenvalue weighted by atomic mass is 9.79. The summed E-state index contributed by atoms with van der Waals surface area (Å²) in [6.45, 7) is 16.4. The van der Waals surface area contributed by atoms with Crippen molar-refractivity contribution in [3.63, 3.8) is 0 Å². The summed E-state index contributed by atoms with van der Waals surface area (Å²) in [5, 5.41) is 0. The van der Waals surface area contributed by atoms with E-state index in [1.807, 2.05) is 0 Å². The van der Waals surface area contributed by atoms with Gasteiger partial charge in [-0.05, 0) is 192 Å². The summed E-state index contributed by atoms with van der Waals surface area (Å²) < 4.78 is 341. The van der Waals surface area contributed by atoms with Crippen LogP contribution in [-0.4, -0.2) is 201 Å². The first-order valence-corrected chi connectivity index (χ1v) is 41.4. The Morgan fingerprint density at radius 2 is 0.592 bits per heavy atom. The second-order valence-electron chi connectivity index (χ2n) is 33.9. The molecule has 0 aliphatic carbocycles. The van der Waals surface area contributed by atoms with E-state index in [0.29, 0.717) is 41.0 Å². The van der Waals surface area contributed by atoms with Crippen LogP contribution in [0.15, 0.2) is 48.5 Å². The maximum Gasteiger partial charge on any atom is 0.323 e. The number of nitrogens with zero attached hydrogens (tertiary/aromatic N) is 4. The van der Waals surface area contributed by atoms with Crippen LogP contribution >= 0.6 is 0 Å². The van der Waals surface area contributed by atoms with Crippen LogP contribution < -0.4 is 60.8 Å². The van der Waals surface area contributed by atoms with Gasteiger partial charge in [0, 0.05) is 151 Å². The number of fused-ring (bicyclic) bond motifs is 12. The highest BCUT2D eigenvalue weighted by Gasteiger charge is 2.47. The molecule has 4 fully saturated rings. The molecule has 8 aliphatic heterocycles. The maximum absolute atomic E-state index is 13.1. The molecule has 17 atom stereocenters. The summed E-state index contributed by atoms with van der Waals surface area (Å²) in [7, 11) is 2.66. The molecule has 4 aromatic rings. The molecule has 12 rings (SSSR count). The van der Waals surface area contributed by atoms with Gasteiger partial charge in [-0.25, -0.2) is 0 Å². The Balaban J connectivity index is 0.000000223. The summed E-state index contributed by atoms with van der Waals surface area (Å²) in [6.07, 6.45) is -20.5. The van der Waals surface area contributed by atoms with Crippen LogP contribution in [0.3, 0.4) is 0 Å². The van der Waals surface area contributed by atoms with E-state index >= 15 is 0 Å². The van der Waals surface area contributed by atoms with Gasteiger partial charge in [0.15, 0.2) is 46.0 Å². The van der Waals surface area contributed by atoms with E-state index in [9.17, 15) is 42.5 Å². The molecule has 0 spiro atoms. The number of benzene rings is 4. The van der Waals surface area contributed by atoms with Gasteiger partial charge >= 0.3 is 23.9 Å². The van der Waals surface area contributed by atoms with Crippen LogP contribution in [-0.2, 0) is 63.8 Å². The fourth-order valence-corrected chi connectivity index (χ4v) is 14.5. The summed E-state index contributed by atoms with van der Waals surface area (Å²) in [5.74, 6) is -15.5. The van der Waals surface area contributed by atoms with Gasteiger partial charge in [0.1, 0.15) is 48.5 Å². The van der Waals surface area contributed by atoms with Crippen molar-refractivity contribution in [2.24, 2.45) is 93.9 Å². The highest BCUT2D eigenvalue weighted by atomic mass is 16.6. The molecular formula is C96H152N8O16. The third-order valence-electron chi connectivity index (χ3n) is 21.4. The molecule has 8 aliphatic rings. The Morgan fingerprint density at radius 3 is 0.883 bits per heavy atom. The predicted molar refractivity (Wildman–Crippen MR) is 471 cm³/mol. The number of esters is 4. The lowest BCUT2D eigenvalue weighted by Crippen LogP contribution is -2.51. The van der Waals surface area contributed by atoms with Gasteiger partial charge in [0.25, 0.3) is 0 Å². The summed E-state index contributed by atoms with van der Waals surface area (Å²) >= 11 is 0. The molecule has 24 heteroatoms. The number of ether oxygens (including phenoxy) is 12. The molecule has 0 saturated carbocycles. The number of carbonyl (C=O) groups is 4. The second-order valence-corrected chi connectivity index (χ2v) is 33.9. The van der Waals surface area contributed by atoms with Crippen molar-refractivity contribution in [3.05, 3.63) is 93.0 Å². The minimum Gasteiger partial charge on any atom is -0.493 e. The number of nitrogens with two attached hydrogens (primary N) is 4. The van der Waals surface area contributed by atoms with E-state index in [2.05, 4.69) is 0 Å². The topological polar surface area (TPSA) is 296 Å². The van der Waals surface area contributed by atoms with E-state index in [4.69, 9.17) is 99.0 Å². The van der Waals surface area contributed by atoms with Crippen molar-refractivity contribution >= 4 is 23.9 Å². The molecule has 0 amide bonds. The van der Waals surface area contributed by atoms with Crippen LogP contribution in [0.2, 0.25) is 0 Å². The minimum absolute atomic E-state index is 0.00169. The van der Waals surface area contributed by atoms with E-state index in [-0.39, 0.29) is 163 Å². The monoisotopic (exact) mass is 1700 g/mol. The molecule has 4 aromatic carbocycles. The number of hydrogen-bond donors (Lipinski definition) is 4. The average Bonchev–Trinajstić information content (AvgIpc) is 0.653. The first-order chi connectivity index (χ1) is 68.7. The van der Waals surface area contributed by atoms with Crippen molar-refractivity contribution in [2.75, 3.05) is 109 Å². The predicted octanol–water partition coefficient (Wildman–Crippen LogP) is 14.3. The Kier molecular flexibility index (Phi) is 22.4. The smallest absolute Gasteiger partial charge is 0.323 e. The van der Waals surface area contributed by atoms with E-state index in [0.717, 1.165) is 14.7 Å². The lowest BCUT2D eigenvalue weighted by molar-refractivity contribution is -0.161. The summed E-state index contributed by atoms with van der Waals surface area (Å²) in [6, 6.07) is -2.90. The van der Waals surface area contributed by atoms with Crippen LogP contribution in [0.25, 0.3) is 0 Å². The molecule has 0 aromatic heterocycles. The fourth-order valence-electron chi connectivity index (χ4n) is 14.5. The Bertz CT molecular complexity index is 5580. The summed E-state index contributed by atoms with van der Waals surface area (Å²) in [5.41, 5.74) is 26.1. The van der Waals surface area contributed by atoms with Gasteiger partial charge in [-0.2, -0.15) is 0 Å². The fraction of sp³-hybridized carbons (Fsp3) is 0.708. The average molecular weight is 1710 g/mol. The highest BCUT2D eigenvalue weighted by molar-refractivity contribution is 5.77. The second kappa shape index (κ2) is 43.9. The molecule has 4 saturated heterocycles. The third kappa shape index (κ3) is 23.8. The molecule has 0 bridgehead atoms. The van der Waals surface area contributed by atoms with Gasteiger partial charge in [0.2, 0.25) is 0 Å². The van der Waals surface area contributed by atoms with E-state index in [1.165, 1.54) is 84.0 Å². The minimum atomic E-state index is -3.24. The number of carbonyl (C=O) groups excluding carboxylic acids is 4. The number of rotatable bonds is 28. The standard InChI is InChI=1S/4C24H38N2O4/c4*1-14(2)9-17-13-26-8-7-16-10-21(28-5)22(29-6)11-18(16)19(26)12-20(17)30-24(27)23(25)15(3)4/h4*10-11,14-15,17,19-20,23H,7-9,12-13,25H2,1-6H3/t4*17?,19?,20?,23-/m0000/s1/i5D3,12D2,13D2,17D,19D,20D;12D,13D2,17D,19D,20D;5D3,12D2,13D2,17D,19D;12D2,13D2,17D,19D/tm;12?,17?,19?,20?,23-;2m. The largest absolute Gasteiger partial charge is 0.493 e. The van der Waals surface area contributed by atoms with Crippen molar-refractivity contribution in [1.82, 2.24) is 19.6 Å². The lowest BCUT2D eigenvalue weighted by Gasteiger charge is -2.47. The zero-order valence-corrected chi connectivity index (χ0v) is 73.9. The zero-order valence-electron chi connectivity index (χ0n) is 105. The Hall–Kier alpha value is -7.16. The first kappa shape index (κ1) is 61.2. The SMILES string of the molecule is [2H]C([2H])([2H])Oc1cc2c(cc1OC)C1([2H])N(CC2)C([2H])([2H])C([2H])(CC(C)C)C(OC(=O)[C@@H](N)C(C)C)C1([2H])[2H].[2H]C([2H])([2H])Oc1cc2c(cc1OC)C1([2H])N(CC2)C([2H])([2H])C([2H])(CC(C)C)C([2H])(OC(=O)[C@@H](N)C(C)C)C1([2H])[2H].[2H]C1([2H])C(OC(=O)[C@@H](N)C(C)C)C([2H])(CC(C)C)C([2H])([2H])N2CCc3cc(OC)c(OC)cc3C21[2H].[2H]C1C2([2H])c3cc(OC)c(OC)cc3CCN2C([2H])([2H])C([2H])(CC(C)C)C1([2H])OC(=O)[C@@H](N)C(C)C. The van der Waals surface area contributed by atoms with E-state index < -0.39 is 197 Å². The highest BCUT2D eigenvalue weighted by Crippen LogP contribution is 2.50. The van der Waals surface area contributed by atoms with Crippen molar-refractivity contribution in [3.8, 4) is 46.0 Å².